The third-order valence-corrected chi connectivity index (χ3v) is 5.12. The summed E-state index contributed by atoms with van der Waals surface area (Å²) >= 11 is 3.72. The van der Waals surface area contributed by atoms with Crippen molar-refractivity contribution in [3.05, 3.63) is 0 Å². The second-order valence-electron chi connectivity index (χ2n) is 6.09. The number of hydrogen-bond donors (Lipinski definition) is 1. The highest BCUT2D eigenvalue weighted by Gasteiger charge is 2.36. The number of likely N-dealkylation sites (tertiary alicyclic amines) is 1. The summed E-state index contributed by atoms with van der Waals surface area (Å²) in [6.07, 6.45) is 5.98. The van der Waals surface area contributed by atoms with Crippen LogP contribution < -0.4 is 0 Å². The Morgan fingerprint density at radius 2 is 1.88 bits per heavy atom. The smallest absolute Gasteiger partial charge is 0.0758 e. The van der Waals surface area contributed by atoms with Crippen LogP contribution in [0.1, 0.15) is 52.9 Å². The molecule has 0 aromatic heterocycles. The van der Waals surface area contributed by atoms with E-state index in [1.807, 2.05) is 6.92 Å². The Morgan fingerprint density at radius 1 is 1.29 bits per heavy atom. The van der Waals surface area contributed by atoms with Gasteiger partial charge in [0.1, 0.15) is 0 Å². The van der Waals surface area contributed by atoms with Crippen molar-refractivity contribution in [1.29, 1.82) is 0 Å². The van der Waals surface area contributed by atoms with Crippen LogP contribution in [0.15, 0.2) is 0 Å². The number of hydrogen-bond acceptors (Lipinski definition) is 2. The molecule has 0 saturated carbocycles. The lowest BCUT2D eigenvalue weighted by molar-refractivity contribution is 0.0606. The Balaban J connectivity index is 2.59. The van der Waals surface area contributed by atoms with Crippen molar-refractivity contribution in [2.75, 3.05) is 25.0 Å². The molecule has 1 saturated heterocycles. The molecule has 0 aliphatic carbocycles. The van der Waals surface area contributed by atoms with E-state index in [0.29, 0.717) is 5.41 Å². The van der Waals surface area contributed by atoms with Gasteiger partial charge in [-0.2, -0.15) is 0 Å². The van der Waals surface area contributed by atoms with Gasteiger partial charge in [-0.25, -0.2) is 0 Å². The monoisotopic (exact) mass is 305 g/mol. The summed E-state index contributed by atoms with van der Waals surface area (Å²) < 4.78 is 0. The van der Waals surface area contributed by atoms with E-state index in [1.54, 1.807) is 0 Å². The van der Waals surface area contributed by atoms with E-state index in [1.165, 1.54) is 25.7 Å². The summed E-state index contributed by atoms with van der Waals surface area (Å²) in [5.41, 5.74) is -0.0552. The fourth-order valence-corrected chi connectivity index (χ4v) is 3.91. The minimum Gasteiger partial charge on any atom is -0.389 e. The van der Waals surface area contributed by atoms with Crippen molar-refractivity contribution in [2.24, 2.45) is 5.41 Å². The van der Waals surface area contributed by atoms with Crippen LogP contribution in [0.3, 0.4) is 0 Å². The second-order valence-corrected chi connectivity index (χ2v) is 6.65. The molecule has 1 fully saturated rings. The van der Waals surface area contributed by atoms with Crippen molar-refractivity contribution >= 4 is 15.9 Å². The average Bonchev–Trinajstić information content (AvgIpc) is 2.58. The van der Waals surface area contributed by atoms with Gasteiger partial charge < -0.3 is 5.11 Å². The lowest BCUT2D eigenvalue weighted by Gasteiger charge is -2.36. The Bertz CT molecular complexity index is 224. The third-order valence-electron chi connectivity index (χ3n) is 3.93. The molecule has 17 heavy (non-hydrogen) atoms. The summed E-state index contributed by atoms with van der Waals surface area (Å²) in [5.74, 6) is 0. The largest absolute Gasteiger partial charge is 0.389 e. The van der Waals surface area contributed by atoms with Crippen molar-refractivity contribution in [1.82, 2.24) is 4.90 Å². The fraction of sp³-hybridized carbons (Fsp3) is 1.00. The Kier molecular flexibility index (Phi) is 5.94. The number of nitrogens with zero attached hydrogens (tertiary/aromatic N) is 1. The predicted octanol–water partition coefficient (Wildman–Crippen LogP) is 3.42. The van der Waals surface area contributed by atoms with E-state index in [2.05, 4.69) is 34.7 Å². The average molecular weight is 306 g/mol. The number of aliphatic hydroxyl groups is 1. The SMILES string of the molecule is CCCC(CBr)(CCC)CN1CCC(C)(O)C1. The molecule has 1 heterocycles. The summed E-state index contributed by atoms with van der Waals surface area (Å²) in [4.78, 5) is 2.45. The zero-order chi connectivity index (χ0) is 12.9. The molecule has 1 aliphatic rings. The molecule has 1 aliphatic heterocycles. The van der Waals surface area contributed by atoms with Crippen molar-refractivity contribution in [3.63, 3.8) is 0 Å². The van der Waals surface area contributed by atoms with Crippen LogP contribution in [0.2, 0.25) is 0 Å². The van der Waals surface area contributed by atoms with Crippen LogP contribution in [0.4, 0.5) is 0 Å². The molecule has 1 rings (SSSR count). The standard InChI is InChI=1S/C14H28BrNO/c1-4-6-14(10-15,7-5-2)12-16-9-8-13(3,17)11-16/h17H,4-12H2,1-3H3. The highest BCUT2D eigenvalue weighted by molar-refractivity contribution is 9.09. The maximum Gasteiger partial charge on any atom is 0.0758 e. The predicted molar refractivity (Wildman–Crippen MR) is 77.7 cm³/mol. The van der Waals surface area contributed by atoms with Crippen LogP contribution >= 0.6 is 15.9 Å². The normalized spacial score (nSPS) is 26.6. The lowest BCUT2D eigenvalue weighted by Crippen LogP contribution is -2.40. The van der Waals surface area contributed by atoms with Gasteiger partial charge in [-0.3, -0.25) is 4.90 Å². The molecule has 102 valence electrons. The molecule has 0 amide bonds. The van der Waals surface area contributed by atoms with Gasteiger partial charge in [0.15, 0.2) is 0 Å². The molecule has 0 aromatic carbocycles. The van der Waals surface area contributed by atoms with Gasteiger partial charge >= 0.3 is 0 Å². The van der Waals surface area contributed by atoms with E-state index < -0.39 is 5.60 Å². The minimum absolute atomic E-state index is 0.407. The van der Waals surface area contributed by atoms with Crippen LogP contribution in [-0.2, 0) is 0 Å². The van der Waals surface area contributed by atoms with Crippen molar-refractivity contribution in [3.8, 4) is 0 Å². The van der Waals surface area contributed by atoms with Crippen molar-refractivity contribution < 1.29 is 5.11 Å². The van der Waals surface area contributed by atoms with Crippen LogP contribution in [0.5, 0.6) is 0 Å². The molecule has 0 aromatic rings. The first-order valence-corrected chi connectivity index (χ1v) is 8.10. The molecule has 1 unspecified atom stereocenters. The van der Waals surface area contributed by atoms with E-state index >= 15 is 0 Å². The maximum absolute atomic E-state index is 10.0. The summed E-state index contributed by atoms with van der Waals surface area (Å²) in [6.45, 7) is 9.53. The highest BCUT2D eigenvalue weighted by Crippen LogP contribution is 2.35. The van der Waals surface area contributed by atoms with Crippen LogP contribution in [0, 0.1) is 5.41 Å². The fourth-order valence-electron chi connectivity index (χ4n) is 3.17. The number of rotatable bonds is 7. The maximum atomic E-state index is 10.0. The first-order chi connectivity index (χ1) is 7.97. The Morgan fingerprint density at radius 3 is 2.24 bits per heavy atom. The molecule has 2 nitrogen and oxygen atoms in total. The van der Waals surface area contributed by atoms with Gasteiger partial charge in [0.25, 0.3) is 0 Å². The molecule has 3 heteroatoms. The zero-order valence-corrected chi connectivity index (χ0v) is 13.2. The molecular formula is C14H28BrNO. The molecule has 0 radical (unpaired) electrons. The van der Waals surface area contributed by atoms with Gasteiger partial charge in [-0.1, -0.05) is 42.6 Å². The lowest BCUT2D eigenvalue weighted by atomic mass is 9.81. The molecule has 0 spiro atoms. The quantitative estimate of drug-likeness (QED) is 0.729. The highest BCUT2D eigenvalue weighted by atomic mass is 79.9. The topological polar surface area (TPSA) is 23.5 Å². The number of alkyl halides is 1. The molecule has 1 N–H and O–H groups in total. The van der Waals surface area contributed by atoms with Gasteiger partial charge in [0, 0.05) is 25.0 Å². The first kappa shape index (κ1) is 15.5. The molecule has 1 atom stereocenters. The van der Waals surface area contributed by atoms with Gasteiger partial charge in [0.05, 0.1) is 5.60 Å². The summed E-state index contributed by atoms with van der Waals surface area (Å²) in [7, 11) is 0. The van der Waals surface area contributed by atoms with Crippen LogP contribution in [-0.4, -0.2) is 40.6 Å². The molecule has 0 bridgehead atoms. The van der Waals surface area contributed by atoms with E-state index in [0.717, 1.165) is 31.4 Å². The van der Waals surface area contributed by atoms with Gasteiger partial charge in [-0.05, 0) is 31.6 Å². The Labute approximate surface area is 115 Å². The molecular weight excluding hydrogens is 278 g/mol. The van der Waals surface area contributed by atoms with Crippen LogP contribution in [0.25, 0.3) is 0 Å². The summed E-state index contributed by atoms with van der Waals surface area (Å²) in [6, 6.07) is 0. The second kappa shape index (κ2) is 6.53. The van der Waals surface area contributed by atoms with E-state index in [9.17, 15) is 5.11 Å². The third kappa shape index (κ3) is 4.53. The van der Waals surface area contributed by atoms with Crippen molar-refractivity contribution in [2.45, 2.75) is 58.5 Å². The first-order valence-electron chi connectivity index (χ1n) is 6.98. The zero-order valence-electron chi connectivity index (χ0n) is 11.6. The summed E-state index contributed by atoms with van der Waals surface area (Å²) in [5, 5.41) is 11.1. The van der Waals surface area contributed by atoms with E-state index in [4.69, 9.17) is 0 Å². The Hall–Kier alpha value is 0.400. The van der Waals surface area contributed by atoms with E-state index in [-0.39, 0.29) is 0 Å². The minimum atomic E-state index is -0.462. The van der Waals surface area contributed by atoms with Gasteiger partial charge in [-0.15, -0.1) is 0 Å². The number of halogens is 1. The number of β-amino-alcohol motifs (C(OH)–C–C–N with tert-alkyl or cyclic N) is 1. The van der Waals surface area contributed by atoms with Gasteiger partial charge in [0.2, 0.25) is 0 Å².